The van der Waals surface area contributed by atoms with E-state index in [0.29, 0.717) is 12.8 Å². The van der Waals surface area contributed by atoms with E-state index in [4.69, 9.17) is 5.73 Å². The molecule has 1 aliphatic carbocycles. The minimum atomic E-state index is -0.878. The highest BCUT2D eigenvalue weighted by Crippen LogP contribution is 2.62. The maximum Gasteiger partial charge on any atom is 0.309 e. The van der Waals surface area contributed by atoms with E-state index >= 15 is 0 Å². The van der Waals surface area contributed by atoms with Gasteiger partial charge >= 0.3 is 5.97 Å². The second kappa shape index (κ2) is 2.97. The Hall–Kier alpha value is -1.06. The molecule has 0 heterocycles. The summed E-state index contributed by atoms with van der Waals surface area (Å²) in [5.41, 5.74) is 3.16. The van der Waals surface area contributed by atoms with Crippen molar-refractivity contribution in [2.24, 2.45) is 22.0 Å². The maximum absolute atomic E-state index is 11.5. The number of rotatable bonds is 2. The summed E-state index contributed by atoms with van der Waals surface area (Å²) in [4.78, 5) is 22.8. The topological polar surface area (TPSA) is 80.4 Å². The number of hydrogen-bond acceptors (Lipinski definition) is 2. The summed E-state index contributed by atoms with van der Waals surface area (Å²) in [5, 5.41) is 9.27. The molecular formula is C11H19NO3. The van der Waals surface area contributed by atoms with E-state index in [0.717, 1.165) is 0 Å². The van der Waals surface area contributed by atoms with Crippen molar-refractivity contribution in [3.63, 3.8) is 0 Å². The predicted octanol–water partition coefficient (Wildman–Crippen LogP) is 1.39. The van der Waals surface area contributed by atoms with Crippen LogP contribution in [0.4, 0.5) is 0 Å². The van der Waals surface area contributed by atoms with Crippen LogP contribution in [0.1, 0.15) is 40.5 Å². The minimum Gasteiger partial charge on any atom is -0.481 e. The molecule has 4 nitrogen and oxygen atoms in total. The molecule has 0 aromatic carbocycles. The Bertz CT molecular complexity index is 294. The lowest BCUT2D eigenvalue weighted by molar-refractivity contribution is -0.158. The van der Waals surface area contributed by atoms with Gasteiger partial charge in [-0.1, -0.05) is 20.8 Å². The van der Waals surface area contributed by atoms with Crippen LogP contribution in [0.25, 0.3) is 0 Å². The Balaban J connectivity index is 3.26. The normalized spacial score (nSPS) is 38.9. The molecule has 1 amide bonds. The van der Waals surface area contributed by atoms with Gasteiger partial charge < -0.3 is 10.8 Å². The summed E-state index contributed by atoms with van der Waals surface area (Å²) >= 11 is 0. The van der Waals surface area contributed by atoms with Gasteiger partial charge in [-0.25, -0.2) is 0 Å². The van der Waals surface area contributed by atoms with Crippen LogP contribution >= 0.6 is 0 Å². The van der Waals surface area contributed by atoms with Gasteiger partial charge in [-0.05, 0) is 25.2 Å². The standard InChI is InChI=1S/C11H19NO3/c1-9(2)10(3,7(12)13)5-6-11(9,4)8(14)15/h5-6H2,1-4H3,(H2,12,13)(H,14,15)/t10-,11+/m1/s1. The van der Waals surface area contributed by atoms with Crippen LogP contribution < -0.4 is 5.73 Å². The summed E-state index contributed by atoms with van der Waals surface area (Å²) in [5.74, 6) is -1.25. The van der Waals surface area contributed by atoms with Crippen LogP contribution in [0, 0.1) is 16.2 Å². The van der Waals surface area contributed by atoms with E-state index in [9.17, 15) is 14.7 Å². The smallest absolute Gasteiger partial charge is 0.309 e. The maximum atomic E-state index is 11.5. The molecule has 86 valence electrons. The number of carbonyl (C=O) groups is 2. The summed E-state index contributed by atoms with van der Waals surface area (Å²) in [6.45, 7) is 7.10. The Labute approximate surface area is 89.8 Å². The Morgan fingerprint density at radius 2 is 1.47 bits per heavy atom. The largest absolute Gasteiger partial charge is 0.481 e. The first-order valence-corrected chi connectivity index (χ1v) is 5.13. The van der Waals surface area contributed by atoms with Gasteiger partial charge in [0.05, 0.1) is 10.8 Å². The fourth-order valence-electron chi connectivity index (χ4n) is 2.54. The molecule has 2 atom stereocenters. The van der Waals surface area contributed by atoms with Gasteiger partial charge in [0.25, 0.3) is 0 Å². The lowest BCUT2D eigenvalue weighted by Crippen LogP contribution is -2.50. The molecule has 0 unspecified atom stereocenters. The SMILES string of the molecule is CC1(C)[C@](C)(C(=O)O)CC[C@]1(C)C(N)=O. The highest BCUT2D eigenvalue weighted by molar-refractivity contribution is 5.85. The third-order valence-corrected chi connectivity index (χ3v) is 4.90. The van der Waals surface area contributed by atoms with Crippen LogP contribution in [0.2, 0.25) is 0 Å². The van der Waals surface area contributed by atoms with Gasteiger partial charge in [0.15, 0.2) is 0 Å². The second-order valence-electron chi connectivity index (χ2n) is 5.46. The molecule has 4 heteroatoms. The Kier molecular flexibility index (Phi) is 2.38. The monoisotopic (exact) mass is 213 g/mol. The number of primary amides is 1. The fraction of sp³-hybridized carbons (Fsp3) is 0.818. The van der Waals surface area contributed by atoms with Crippen molar-refractivity contribution in [1.29, 1.82) is 0 Å². The lowest BCUT2D eigenvalue weighted by atomic mass is 9.59. The fourth-order valence-corrected chi connectivity index (χ4v) is 2.54. The molecule has 1 saturated carbocycles. The number of amides is 1. The number of aliphatic carboxylic acids is 1. The van der Waals surface area contributed by atoms with Crippen molar-refractivity contribution < 1.29 is 14.7 Å². The van der Waals surface area contributed by atoms with Gasteiger partial charge in [0.2, 0.25) is 5.91 Å². The summed E-state index contributed by atoms with van der Waals surface area (Å²) in [6, 6.07) is 0. The summed E-state index contributed by atoms with van der Waals surface area (Å²) in [6.07, 6.45) is 1.03. The van der Waals surface area contributed by atoms with Crippen molar-refractivity contribution in [2.45, 2.75) is 40.5 Å². The lowest BCUT2D eigenvalue weighted by Gasteiger charge is -2.43. The van der Waals surface area contributed by atoms with E-state index in [1.54, 1.807) is 13.8 Å². The summed E-state index contributed by atoms with van der Waals surface area (Å²) < 4.78 is 0. The van der Waals surface area contributed by atoms with E-state index in [2.05, 4.69) is 0 Å². The van der Waals surface area contributed by atoms with Crippen LogP contribution in [0.3, 0.4) is 0 Å². The number of carbonyl (C=O) groups excluding carboxylic acids is 1. The van der Waals surface area contributed by atoms with Crippen molar-refractivity contribution in [3.8, 4) is 0 Å². The quantitative estimate of drug-likeness (QED) is 0.727. The third kappa shape index (κ3) is 1.20. The zero-order chi connectivity index (χ0) is 12.1. The van der Waals surface area contributed by atoms with E-state index < -0.39 is 28.1 Å². The molecule has 15 heavy (non-hydrogen) atoms. The molecule has 3 N–H and O–H groups in total. The molecule has 0 bridgehead atoms. The molecule has 0 aromatic heterocycles. The molecule has 1 aliphatic rings. The number of carboxylic acid groups (broad SMARTS) is 1. The molecule has 0 spiro atoms. The van der Waals surface area contributed by atoms with Crippen molar-refractivity contribution in [2.75, 3.05) is 0 Å². The van der Waals surface area contributed by atoms with Gasteiger partial charge in [-0.3, -0.25) is 9.59 Å². The number of hydrogen-bond donors (Lipinski definition) is 2. The van der Waals surface area contributed by atoms with Crippen LogP contribution in [0.15, 0.2) is 0 Å². The molecule has 0 saturated heterocycles. The first-order chi connectivity index (χ1) is 6.59. The van der Waals surface area contributed by atoms with Gasteiger partial charge in [-0.2, -0.15) is 0 Å². The van der Waals surface area contributed by atoms with E-state index in [1.807, 2.05) is 13.8 Å². The van der Waals surface area contributed by atoms with Crippen LogP contribution in [-0.4, -0.2) is 17.0 Å². The third-order valence-electron chi connectivity index (χ3n) is 4.90. The number of nitrogens with two attached hydrogens (primary N) is 1. The zero-order valence-corrected chi connectivity index (χ0v) is 9.76. The first-order valence-electron chi connectivity index (χ1n) is 5.13. The number of carboxylic acids is 1. The molecule has 1 fully saturated rings. The van der Waals surface area contributed by atoms with Gasteiger partial charge in [0.1, 0.15) is 0 Å². The van der Waals surface area contributed by atoms with Crippen molar-refractivity contribution >= 4 is 11.9 Å². The zero-order valence-electron chi connectivity index (χ0n) is 9.76. The Morgan fingerprint density at radius 3 is 1.67 bits per heavy atom. The van der Waals surface area contributed by atoms with E-state index in [1.165, 1.54) is 0 Å². The van der Waals surface area contributed by atoms with Crippen LogP contribution in [-0.2, 0) is 9.59 Å². The van der Waals surface area contributed by atoms with Gasteiger partial charge in [-0.15, -0.1) is 0 Å². The van der Waals surface area contributed by atoms with Crippen molar-refractivity contribution in [1.82, 2.24) is 0 Å². The van der Waals surface area contributed by atoms with Crippen LogP contribution in [0.5, 0.6) is 0 Å². The highest BCUT2D eigenvalue weighted by Gasteiger charge is 2.64. The van der Waals surface area contributed by atoms with Crippen molar-refractivity contribution in [3.05, 3.63) is 0 Å². The molecule has 1 rings (SSSR count). The first kappa shape index (κ1) is 12.0. The predicted molar refractivity (Wildman–Crippen MR) is 56.1 cm³/mol. The van der Waals surface area contributed by atoms with Gasteiger partial charge in [0, 0.05) is 0 Å². The average Bonchev–Trinajstić information content (AvgIpc) is 2.28. The average molecular weight is 213 g/mol. The molecule has 0 radical (unpaired) electrons. The molecule has 0 aromatic rings. The van der Waals surface area contributed by atoms with E-state index in [-0.39, 0.29) is 0 Å². The highest BCUT2D eigenvalue weighted by atomic mass is 16.4. The minimum absolute atomic E-state index is 0.405. The summed E-state index contributed by atoms with van der Waals surface area (Å²) in [7, 11) is 0. The molecular weight excluding hydrogens is 194 g/mol. The Morgan fingerprint density at radius 1 is 1.07 bits per heavy atom. The second-order valence-corrected chi connectivity index (χ2v) is 5.46. The molecule has 0 aliphatic heterocycles.